The SMILES string of the molecule is CC1=C(C(=O)OCc2ccccc2)[C@@H](c2ccco2)C(C#N)=C(SCC(=O)Nc2ccccc2)N1. The molecule has 0 aliphatic carbocycles. The second-order valence-electron chi connectivity index (χ2n) is 7.73. The summed E-state index contributed by atoms with van der Waals surface area (Å²) in [6.07, 6.45) is 1.49. The predicted molar refractivity (Wildman–Crippen MR) is 134 cm³/mol. The van der Waals surface area contributed by atoms with Crippen LogP contribution in [0.15, 0.2) is 105 Å². The van der Waals surface area contributed by atoms with Gasteiger partial charge in [0.15, 0.2) is 0 Å². The van der Waals surface area contributed by atoms with E-state index in [4.69, 9.17) is 9.15 Å². The number of esters is 1. The first-order chi connectivity index (χ1) is 17.1. The summed E-state index contributed by atoms with van der Waals surface area (Å²) in [6.45, 7) is 1.85. The van der Waals surface area contributed by atoms with Crippen molar-refractivity contribution in [1.82, 2.24) is 5.32 Å². The molecule has 0 spiro atoms. The molecule has 0 bridgehead atoms. The quantitative estimate of drug-likeness (QED) is 0.428. The zero-order chi connectivity index (χ0) is 24.6. The molecule has 4 rings (SSSR count). The Morgan fingerprint density at radius 2 is 1.80 bits per heavy atom. The molecule has 2 N–H and O–H groups in total. The molecule has 2 aromatic carbocycles. The number of nitrogens with one attached hydrogen (secondary N) is 2. The van der Waals surface area contributed by atoms with Crippen molar-refractivity contribution in [1.29, 1.82) is 5.26 Å². The van der Waals surface area contributed by atoms with Crippen molar-refractivity contribution >= 4 is 29.3 Å². The van der Waals surface area contributed by atoms with E-state index in [1.54, 1.807) is 31.2 Å². The highest BCUT2D eigenvalue weighted by atomic mass is 32.2. The molecule has 176 valence electrons. The number of carbonyl (C=O) groups is 2. The number of nitriles is 1. The lowest BCUT2D eigenvalue weighted by Crippen LogP contribution is -2.29. The van der Waals surface area contributed by atoms with E-state index in [-0.39, 0.29) is 23.8 Å². The average Bonchev–Trinajstić information content (AvgIpc) is 3.41. The topological polar surface area (TPSA) is 104 Å². The van der Waals surface area contributed by atoms with Crippen LogP contribution >= 0.6 is 11.8 Å². The molecular formula is C27H23N3O4S. The lowest BCUT2D eigenvalue weighted by Gasteiger charge is -2.27. The number of carbonyl (C=O) groups excluding carboxylic acids is 2. The number of hydrogen-bond acceptors (Lipinski definition) is 7. The molecule has 1 aliphatic heterocycles. The molecule has 3 aromatic rings. The highest BCUT2D eigenvalue weighted by Gasteiger charge is 2.37. The van der Waals surface area contributed by atoms with Crippen molar-refractivity contribution in [3.63, 3.8) is 0 Å². The van der Waals surface area contributed by atoms with Crippen LogP contribution in [0.1, 0.15) is 24.2 Å². The first-order valence-electron chi connectivity index (χ1n) is 10.9. The minimum absolute atomic E-state index is 0.0777. The van der Waals surface area contributed by atoms with Crippen molar-refractivity contribution in [2.45, 2.75) is 19.4 Å². The van der Waals surface area contributed by atoms with Gasteiger partial charge in [-0.05, 0) is 36.8 Å². The molecule has 1 amide bonds. The standard InChI is InChI=1S/C27H23N3O4S/c1-18-24(27(32)34-16-19-9-4-2-5-10-19)25(22-13-8-14-33-22)21(15-28)26(29-18)35-17-23(31)30-20-11-6-3-7-12-20/h2-14,25,29H,16-17H2,1H3,(H,30,31)/t25-/m1/s1. The van der Waals surface area contributed by atoms with Gasteiger partial charge in [0.25, 0.3) is 0 Å². The number of thioether (sulfide) groups is 1. The molecule has 0 fully saturated rings. The number of dihydropyridines is 1. The summed E-state index contributed by atoms with van der Waals surface area (Å²) in [7, 11) is 0. The Labute approximate surface area is 207 Å². The van der Waals surface area contributed by atoms with Crippen LogP contribution < -0.4 is 10.6 Å². The van der Waals surface area contributed by atoms with Crippen LogP contribution in [0.3, 0.4) is 0 Å². The van der Waals surface area contributed by atoms with Crippen LogP contribution in [0, 0.1) is 11.3 Å². The number of para-hydroxylation sites is 1. The highest BCUT2D eigenvalue weighted by Crippen LogP contribution is 2.41. The second-order valence-corrected chi connectivity index (χ2v) is 8.72. The molecular weight excluding hydrogens is 462 g/mol. The Hall–Kier alpha value is -4.22. The summed E-state index contributed by atoms with van der Waals surface area (Å²) in [5, 5.41) is 16.5. The summed E-state index contributed by atoms with van der Waals surface area (Å²) in [4.78, 5) is 25.6. The Kier molecular flexibility index (Phi) is 7.70. The fraction of sp³-hybridized carbons (Fsp3) is 0.148. The lowest BCUT2D eigenvalue weighted by atomic mass is 9.86. The molecule has 2 heterocycles. The molecule has 1 aromatic heterocycles. The Bertz CT molecular complexity index is 1290. The molecule has 7 nitrogen and oxygen atoms in total. The molecule has 8 heteroatoms. The molecule has 0 saturated heterocycles. The number of anilines is 1. The fourth-order valence-corrected chi connectivity index (χ4v) is 4.59. The average molecular weight is 486 g/mol. The number of benzene rings is 2. The van der Waals surface area contributed by atoms with Gasteiger partial charge in [-0.15, -0.1) is 0 Å². The van der Waals surface area contributed by atoms with E-state index in [0.29, 0.717) is 27.7 Å². The van der Waals surface area contributed by atoms with E-state index < -0.39 is 11.9 Å². The summed E-state index contributed by atoms with van der Waals surface area (Å²) < 4.78 is 11.2. The van der Waals surface area contributed by atoms with Gasteiger partial charge in [0, 0.05) is 11.4 Å². The fourth-order valence-electron chi connectivity index (χ4n) is 3.69. The van der Waals surface area contributed by atoms with Gasteiger partial charge in [0.2, 0.25) is 5.91 Å². The maximum absolute atomic E-state index is 13.2. The van der Waals surface area contributed by atoms with Crippen molar-refractivity contribution < 1.29 is 18.7 Å². The second kappa shape index (κ2) is 11.3. The van der Waals surface area contributed by atoms with Crippen LogP contribution in [0.25, 0.3) is 0 Å². The van der Waals surface area contributed by atoms with Crippen LogP contribution in [-0.2, 0) is 20.9 Å². The molecule has 1 aliphatic rings. The number of rotatable bonds is 8. The maximum Gasteiger partial charge on any atom is 0.337 e. The van der Waals surface area contributed by atoms with E-state index in [2.05, 4.69) is 16.7 Å². The zero-order valence-corrected chi connectivity index (χ0v) is 19.8. The van der Waals surface area contributed by atoms with Crippen molar-refractivity contribution in [2.24, 2.45) is 0 Å². The van der Waals surface area contributed by atoms with Crippen molar-refractivity contribution in [3.8, 4) is 6.07 Å². The normalized spacial score (nSPS) is 15.3. The van der Waals surface area contributed by atoms with Gasteiger partial charge in [0.1, 0.15) is 12.4 Å². The largest absolute Gasteiger partial charge is 0.468 e. The monoisotopic (exact) mass is 485 g/mol. The van der Waals surface area contributed by atoms with Crippen molar-refractivity contribution in [2.75, 3.05) is 11.1 Å². The molecule has 0 saturated carbocycles. The number of nitrogens with zero attached hydrogens (tertiary/aromatic N) is 1. The van der Waals surface area contributed by atoms with Crippen molar-refractivity contribution in [3.05, 3.63) is 112 Å². The first-order valence-corrected chi connectivity index (χ1v) is 11.9. The molecule has 0 unspecified atom stereocenters. The van der Waals surface area contributed by atoms with Crippen LogP contribution in [0.5, 0.6) is 0 Å². The molecule has 0 radical (unpaired) electrons. The van der Waals surface area contributed by atoms with E-state index in [9.17, 15) is 14.9 Å². The van der Waals surface area contributed by atoms with Gasteiger partial charge in [-0.3, -0.25) is 4.79 Å². The summed E-state index contributed by atoms with van der Waals surface area (Å²) in [5.41, 5.74) is 2.67. The number of furan rings is 1. The third-order valence-corrected chi connectivity index (χ3v) is 6.33. The summed E-state index contributed by atoms with van der Waals surface area (Å²) >= 11 is 1.19. The Morgan fingerprint density at radius 1 is 1.09 bits per heavy atom. The number of amides is 1. The van der Waals surface area contributed by atoms with E-state index in [1.807, 2.05) is 48.5 Å². The van der Waals surface area contributed by atoms with Gasteiger partial charge < -0.3 is 19.8 Å². The summed E-state index contributed by atoms with van der Waals surface area (Å²) in [6, 6.07) is 24.1. The van der Waals surface area contributed by atoms with Gasteiger partial charge in [-0.25, -0.2) is 4.79 Å². The minimum atomic E-state index is -0.751. The third kappa shape index (κ3) is 5.83. The minimum Gasteiger partial charge on any atom is -0.468 e. The third-order valence-electron chi connectivity index (χ3n) is 5.31. The van der Waals surface area contributed by atoms with Gasteiger partial charge in [0.05, 0.1) is 40.2 Å². The number of ether oxygens (including phenoxy) is 1. The van der Waals surface area contributed by atoms with Crippen LogP contribution in [0.4, 0.5) is 5.69 Å². The Morgan fingerprint density at radius 3 is 2.46 bits per heavy atom. The number of allylic oxidation sites excluding steroid dienone is 2. The van der Waals surface area contributed by atoms with E-state index in [0.717, 1.165) is 5.56 Å². The van der Waals surface area contributed by atoms with Gasteiger partial charge in [-0.2, -0.15) is 5.26 Å². The maximum atomic E-state index is 13.2. The zero-order valence-electron chi connectivity index (χ0n) is 19.0. The highest BCUT2D eigenvalue weighted by molar-refractivity contribution is 8.03. The lowest BCUT2D eigenvalue weighted by molar-refractivity contribution is -0.140. The number of hydrogen-bond donors (Lipinski definition) is 2. The van der Waals surface area contributed by atoms with E-state index in [1.165, 1.54) is 18.0 Å². The van der Waals surface area contributed by atoms with Gasteiger partial charge >= 0.3 is 5.97 Å². The van der Waals surface area contributed by atoms with Crippen LogP contribution in [0.2, 0.25) is 0 Å². The predicted octanol–water partition coefficient (Wildman–Crippen LogP) is 5.09. The van der Waals surface area contributed by atoms with Crippen LogP contribution in [-0.4, -0.2) is 17.6 Å². The molecule has 35 heavy (non-hydrogen) atoms. The van der Waals surface area contributed by atoms with Gasteiger partial charge in [-0.1, -0.05) is 60.3 Å². The molecule has 1 atom stereocenters. The Balaban J connectivity index is 1.54. The first kappa shape index (κ1) is 23.9. The smallest absolute Gasteiger partial charge is 0.337 e. The summed E-state index contributed by atoms with van der Waals surface area (Å²) in [5.74, 6) is -0.982. The van der Waals surface area contributed by atoms with E-state index >= 15 is 0 Å².